The Balaban J connectivity index is 1.80. The summed E-state index contributed by atoms with van der Waals surface area (Å²) in [6.07, 6.45) is 1.55. The maximum atomic E-state index is 11.4. The van der Waals surface area contributed by atoms with Gasteiger partial charge in [0, 0.05) is 35.4 Å². The number of H-pyrrole nitrogens is 1. The summed E-state index contributed by atoms with van der Waals surface area (Å²) in [5.74, 6) is 0.115. The standard InChI is InChI=1S/C26H26N4O3/c1-26(2,3)24-21-22(27-28-24)25(31)30(23(21)19-8-6-5-7-17(19)15-32-4)18-11-9-16(10-12-18)20-13-14-33-29-20/h5-14,27,31H,15H2,1-4H3. The smallest absolute Gasteiger partial charge is 0.222 e. The average Bonchev–Trinajstić information content (AvgIpc) is 3.52. The number of aromatic hydroxyl groups is 1. The molecule has 0 spiro atoms. The zero-order chi connectivity index (χ0) is 23.2. The molecule has 7 nitrogen and oxygen atoms in total. The van der Waals surface area contributed by atoms with Crippen LogP contribution in [0.4, 0.5) is 0 Å². The molecule has 3 aromatic heterocycles. The zero-order valence-electron chi connectivity index (χ0n) is 19.1. The van der Waals surface area contributed by atoms with Crippen LogP contribution in [0.15, 0.2) is 65.4 Å². The predicted molar refractivity (Wildman–Crippen MR) is 127 cm³/mol. The molecule has 7 heteroatoms. The van der Waals surface area contributed by atoms with E-state index in [-0.39, 0.29) is 11.3 Å². The SMILES string of the molecule is COCc1ccccc1-c1c2c(C(C)(C)C)n[nH]c2c(O)n1-c1ccc(-c2ccon2)cc1. The Morgan fingerprint density at radius 3 is 2.48 bits per heavy atom. The number of nitrogens with zero attached hydrogens (tertiary/aromatic N) is 3. The van der Waals surface area contributed by atoms with Crippen molar-refractivity contribution in [1.82, 2.24) is 19.9 Å². The minimum Gasteiger partial charge on any atom is -0.493 e. The first kappa shape index (κ1) is 21.0. The van der Waals surface area contributed by atoms with Gasteiger partial charge in [0.15, 0.2) is 0 Å². The molecular formula is C26H26N4O3. The van der Waals surface area contributed by atoms with Crippen LogP contribution in [0.1, 0.15) is 32.0 Å². The van der Waals surface area contributed by atoms with Crippen molar-refractivity contribution in [2.45, 2.75) is 32.8 Å². The number of fused-ring (bicyclic) bond motifs is 1. The van der Waals surface area contributed by atoms with Gasteiger partial charge in [-0.05, 0) is 17.7 Å². The van der Waals surface area contributed by atoms with Crippen molar-refractivity contribution in [1.29, 1.82) is 0 Å². The Hall–Kier alpha value is -3.84. The second-order valence-electron chi connectivity index (χ2n) is 9.10. The van der Waals surface area contributed by atoms with Gasteiger partial charge in [-0.1, -0.05) is 62.3 Å². The number of benzene rings is 2. The van der Waals surface area contributed by atoms with Gasteiger partial charge in [-0.25, -0.2) is 0 Å². The number of aromatic nitrogens is 4. The van der Waals surface area contributed by atoms with E-state index in [2.05, 4.69) is 42.2 Å². The van der Waals surface area contributed by atoms with E-state index in [1.165, 1.54) is 0 Å². The zero-order valence-corrected chi connectivity index (χ0v) is 19.1. The number of hydrogen-bond acceptors (Lipinski definition) is 5. The van der Waals surface area contributed by atoms with Gasteiger partial charge in [-0.15, -0.1) is 0 Å². The fourth-order valence-corrected chi connectivity index (χ4v) is 4.29. The molecule has 0 radical (unpaired) electrons. The number of rotatable bonds is 5. The van der Waals surface area contributed by atoms with Crippen LogP contribution < -0.4 is 0 Å². The molecular weight excluding hydrogens is 416 g/mol. The molecule has 0 unspecified atom stereocenters. The van der Waals surface area contributed by atoms with Gasteiger partial charge in [0.05, 0.1) is 23.4 Å². The fourth-order valence-electron chi connectivity index (χ4n) is 4.29. The van der Waals surface area contributed by atoms with E-state index in [1.54, 1.807) is 13.4 Å². The van der Waals surface area contributed by atoms with Crippen LogP contribution in [0.2, 0.25) is 0 Å². The largest absolute Gasteiger partial charge is 0.493 e. The van der Waals surface area contributed by atoms with E-state index in [9.17, 15) is 5.11 Å². The Morgan fingerprint density at radius 2 is 1.82 bits per heavy atom. The molecule has 168 valence electrons. The molecule has 2 aromatic carbocycles. The number of nitrogens with one attached hydrogen (secondary N) is 1. The lowest BCUT2D eigenvalue weighted by molar-refractivity contribution is 0.185. The van der Waals surface area contributed by atoms with Crippen molar-refractivity contribution in [3.8, 4) is 34.1 Å². The molecule has 0 saturated heterocycles. The first-order valence-corrected chi connectivity index (χ1v) is 10.8. The minimum atomic E-state index is -0.224. The predicted octanol–water partition coefficient (Wildman–Crippen LogP) is 5.83. The molecule has 33 heavy (non-hydrogen) atoms. The number of methoxy groups -OCH3 is 1. The second-order valence-corrected chi connectivity index (χ2v) is 9.10. The highest BCUT2D eigenvalue weighted by atomic mass is 16.5. The lowest BCUT2D eigenvalue weighted by atomic mass is 9.89. The van der Waals surface area contributed by atoms with Crippen molar-refractivity contribution in [2.24, 2.45) is 0 Å². The van der Waals surface area contributed by atoms with E-state index in [0.29, 0.717) is 12.1 Å². The maximum absolute atomic E-state index is 11.4. The van der Waals surface area contributed by atoms with Gasteiger partial charge in [-0.2, -0.15) is 5.10 Å². The summed E-state index contributed by atoms with van der Waals surface area (Å²) < 4.78 is 12.3. The fraction of sp³-hybridized carbons (Fsp3) is 0.231. The van der Waals surface area contributed by atoms with Crippen molar-refractivity contribution in [2.75, 3.05) is 7.11 Å². The highest BCUT2D eigenvalue weighted by molar-refractivity contribution is 6.01. The van der Waals surface area contributed by atoms with Crippen molar-refractivity contribution >= 4 is 10.9 Å². The molecule has 3 heterocycles. The molecule has 0 amide bonds. The van der Waals surface area contributed by atoms with Crippen molar-refractivity contribution in [3.05, 3.63) is 72.1 Å². The Bertz CT molecular complexity index is 1400. The third-order valence-electron chi connectivity index (χ3n) is 5.80. The molecule has 5 aromatic rings. The van der Waals surface area contributed by atoms with Crippen molar-refractivity contribution in [3.63, 3.8) is 0 Å². The lowest BCUT2D eigenvalue weighted by Gasteiger charge is -2.18. The normalized spacial score (nSPS) is 12.0. The Labute approximate surface area is 191 Å². The minimum absolute atomic E-state index is 0.115. The molecule has 0 aliphatic heterocycles. The summed E-state index contributed by atoms with van der Waals surface area (Å²) in [5, 5.41) is 23.9. The highest BCUT2D eigenvalue weighted by Crippen LogP contribution is 2.44. The topological polar surface area (TPSA) is 89.1 Å². The third kappa shape index (κ3) is 3.50. The highest BCUT2D eigenvalue weighted by Gasteiger charge is 2.30. The maximum Gasteiger partial charge on any atom is 0.222 e. The van der Waals surface area contributed by atoms with Gasteiger partial charge in [0.1, 0.15) is 17.5 Å². The molecule has 0 aliphatic rings. The van der Waals surface area contributed by atoms with Gasteiger partial charge in [0.2, 0.25) is 5.88 Å². The van der Waals surface area contributed by atoms with Crippen LogP contribution in [-0.2, 0) is 16.8 Å². The van der Waals surface area contributed by atoms with Gasteiger partial charge < -0.3 is 14.4 Å². The van der Waals surface area contributed by atoms with Crippen LogP contribution in [-0.4, -0.2) is 32.1 Å². The first-order chi connectivity index (χ1) is 15.9. The quantitative estimate of drug-likeness (QED) is 0.358. The summed E-state index contributed by atoms with van der Waals surface area (Å²) in [6.45, 7) is 6.81. The van der Waals surface area contributed by atoms with E-state index < -0.39 is 0 Å². The molecule has 0 saturated carbocycles. The molecule has 0 fully saturated rings. The second kappa shape index (κ2) is 7.94. The summed E-state index contributed by atoms with van der Waals surface area (Å²) >= 11 is 0. The Morgan fingerprint density at radius 1 is 1.06 bits per heavy atom. The summed E-state index contributed by atoms with van der Waals surface area (Å²) in [4.78, 5) is 0. The summed E-state index contributed by atoms with van der Waals surface area (Å²) in [6, 6.07) is 17.8. The van der Waals surface area contributed by atoms with E-state index in [1.807, 2.05) is 53.1 Å². The molecule has 2 N–H and O–H groups in total. The van der Waals surface area contributed by atoms with Crippen LogP contribution >= 0.6 is 0 Å². The van der Waals surface area contributed by atoms with E-state index >= 15 is 0 Å². The molecule has 0 atom stereocenters. The van der Waals surface area contributed by atoms with E-state index in [0.717, 1.165) is 44.8 Å². The Kier molecular flexibility index (Phi) is 5.06. The first-order valence-electron chi connectivity index (χ1n) is 10.8. The van der Waals surface area contributed by atoms with Gasteiger partial charge in [0.25, 0.3) is 0 Å². The summed E-state index contributed by atoms with van der Waals surface area (Å²) in [5.41, 5.74) is 6.69. The average molecular weight is 443 g/mol. The van der Waals surface area contributed by atoms with Gasteiger partial charge >= 0.3 is 0 Å². The lowest BCUT2D eigenvalue weighted by Crippen LogP contribution is -2.13. The van der Waals surface area contributed by atoms with Crippen LogP contribution in [0.5, 0.6) is 5.88 Å². The molecule has 0 bridgehead atoms. The molecule has 0 aliphatic carbocycles. The number of ether oxygens (including phenoxy) is 1. The van der Waals surface area contributed by atoms with Gasteiger partial charge in [-0.3, -0.25) is 9.67 Å². The molecule has 5 rings (SSSR count). The van der Waals surface area contributed by atoms with Crippen LogP contribution in [0.3, 0.4) is 0 Å². The number of hydrogen-bond donors (Lipinski definition) is 2. The summed E-state index contributed by atoms with van der Waals surface area (Å²) in [7, 11) is 1.68. The van der Waals surface area contributed by atoms with Crippen LogP contribution in [0.25, 0.3) is 39.1 Å². The number of aromatic amines is 1. The monoisotopic (exact) mass is 442 g/mol. The third-order valence-corrected chi connectivity index (χ3v) is 5.80. The van der Waals surface area contributed by atoms with E-state index in [4.69, 9.17) is 9.26 Å². The van der Waals surface area contributed by atoms with Crippen molar-refractivity contribution < 1.29 is 14.4 Å². The van der Waals surface area contributed by atoms with Crippen LogP contribution in [0, 0.1) is 0 Å².